The SMILES string of the molecule is CC1CCC(C#N)(C(O)c2ncc(Br)cc2Br)C1. The van der Waals surface area contributed by atoms with Crippen molar-refractivity contribution in [2.24, 2.45) is 11.3 Å². The minimum absolute atomic E-state index is 0.480. The van der Waals surface area contributed by atoms with Gasteiger partial charge in [0.05, 0.1) is 17.2 Å². The molecule has 1 N–H and O–H groups in total. The van der Waals surface area contributed by atoms with Gasteiger partial charge in [-0.1, -0.05) is 6.92 Å². The number of nitriles is 1. The molecule has 1 heterocycles. The van der Waals surface area contributed by atoms with Gasteiger partial charge in [0.1, 0.15) is 6.10 Å². The Morgan fingerprint density at radius 3 is 2.83 bits per heavy atom. The van der Waals surface area contributed by atoms with Crippen LogP contribution in [0.25, 0.3) is 0 Å². The summed E-state index contributed by atoms with van der Waals surface area (Å²) < 4.78 is 1.58. The van der Waals surface area contributed by atoms with E-state index in [2.05, 4.69) is 49.8 Å². The number of hydrogen-bond acceptors (Lipinski definition) is 3. The smallest absolute Gasteiger partial charge is 0.116 e. The summed E-state index contributed by atoms with van der Waals surface area (Å²) in [5.41, 5.74) is -0.142. The molecule has 0 spiro atoms. The van der Waals surface area contributed by atoms with Crippen molar-refractivity contribution in [3.05, 3.63) is 26.9 Å². The average Bonchev–Trinajstić information content (AvgIpc) is 2.71. The summed E-state index contributed by atoms with van der Waals surface area (Å²) in [7, 11) is 0. The van der Waals surface area contributed by atoms with Gasteiger partial charge in [0.25, 0.3) is 0 Å². The molecule has 18 heavy (non-hydrogen) atoms. The Morgan fingerprint density at radius 1 is 1.61 bits per heavy atom. The number of aliphatic hydroxyl groups excluding tert-OH is 1. The normalized spacial score (nSPS) is 28.9. The maximum absolute atomic E-state index is 10.5. The zero-order chi connectivity index (χ0) is 13.3. The van der Waals surface area contributed by atoms with Crippen LogP contribution < -0.4 is 0 Å². The van der Waals surface area contributed by atoms with Crippen molar-refractivity contribution < 1.29 is 5.11 Å². The van der Waals surface area contributed by atoms with Crippen molar-refractivity contribution in [1.82, 2.24) is 4.98 Å². The second-order valence-corrected chi connectivity index (χ2v) is 6.81. The van der Waals surface area contributed by atoms with Gasteiger partial charge in [-0.3, -0.25) is 4.98 Å². The third-order valence-corrected chi connectivity index (χ3v) is 4.71. The van der Waals surface area contributed by atoms with Crippen molar-refractivity contribution in [2.45, 2.75) is 32.3 Å². The van der Waals surface area contributed by atoms with E-state index < -0.39 is 11.5 Å². The molecule has 0 radical (unpaired) electrons. The molecule has 1 aromatic rings. The highest BCUT2D eigenvalue weighted by Gasteiger charge is 2.45. The third kappa shape index (κ3) is 2.47. The molecule has 1 aliphatic rings. The number of rotatable bonds is 2. The van der Waals surface area contributed by atoms with Gasteiger partial charge in [-0.25, -0.2) is 0 Å². The zero-order valence-electron chi connectivity index (χ0n) is 10.0. The Hall–Kier alpha value is -0.440. The number of aromatic nitrogens is 1. The Bertz CT molecular complexity index is 500. The number of pyridine rings is 1. The quantitative estimate of drug-likeness (QED) is 0.853. The molecule has 3 nitrogen and oxygen atoms in total. The summed E-state index contributed by atoms with van der Waals surface area (Å²) in [6.45, 7) is 2.12. The molecule has 2 rings (SSSR count). The molecule has 1 aliphatic carbocycles. The zero-order valence-corrected chi connectivity index (χ0v) is 13.2. The summed E-state index contributed by atoms with van der Waals surface area (Å²) in [4.78, 5) is 4.25. The summed E-state index contributed by atoms with van der Waals surface area (Å²) >= 11 is 6.73. The molecule has 5 heteroatoms. The lowest BCUT2D eigenvalue weighted by atomic mass is 9.79. The van der Waals surface area contributed by atoms with Crippen LogP contribution in [0.15, 0.2) is 21.2 Å². The summed E-state index contributed by atoms with van der Waals surface area (Å²) in [5.74, 6) is 0.480. The lowest BCUT2D eigenvalue weighted by molar-refractivity contribution is 0.0603. The first-order valence-corrected chi connectivity index (χ1v) is 7.47. The molecule has 1 aromatic heterocycles. The van der Waals surface area contributed by atoms with Crippen LogP contribution in [-0.4, -0.2) is 10.1 Å². The number of halogens is 2. The highest BCUT2D eigenvalue weighted by atomic mass is 79.9. The maximum atomic E-state index is 10.5. The van der Waals surface area contributed by atoms with E-state index in [0.29, 0.717) is 11.6 Å². The van der Waals surface area contributed by atoms with Crippen molar-refractivity contribution in [2.75, 3.05) is 0 Å². The van der Waals surface area contributed by atoms with E-state index in [9.17, 15) is 10.4 Å². The fraction of sp³-hybridized carbons (Fsp3) is 0.538. The standard InChI is InChI=1S/C13H14Br2N2O/c1-8-2-3-13(5-8,7-16)12(18)11-10(15)4-9(14)6-17-11/h4,6,8,12,18H,2-3,5H2,1H3. The van der Waals surface area contributed by atoms with Gasteiger partial charge in [0.2, 0.25) is 0 Å². The van der Waals surface area contributed by atoms with Crippen LogP contribution in [0.4, 0.5) is 0 Å². The largest absolute Gasteiger partial charge is 0.385 e. The molecule has 0 bridgehead atoms. The number of hydrogen-bond donors (Lipinski definition) is 1. The molecule has 3 atom stereocenters. The molecule has 0 saturated heterocycles. The molecule has 0 aliphatic heterocycles. The predicted octanol–water partition coefficient (Wildman–Crippen LogP) is 3.97. The fourth-order valence-electron chi connectivity index (χ4n) is 2.63. The highest BCUT2D eigenvalue weighted by Crippen LogP contribution is 2.50. The predicted molar refractivity (Wildman–Crippen MR) is 75.7 cm³/mol. The minimum atomic E-state index is -0.838. The Labute approximate surface area is 123 Å². The lowest BCUT2D eigenvalue weighted by Crippen LogP contribution is -2.25. The maximum Gasteiger partial charge on any atom is 0.116 e. The lowest BCUT2D eigenvalue weighted by Gasteiger charge is -2.27. The summed E-state index contributed by atoms with van der Waals surface area (Å²) in [6, 6.07) is 4.17. The molecule has 3 unspecified atom stereocenters. The van der Waals surface area contributed by atoms with Crippen LogP contribution in [0.1, 0.15) is 38.0 Å². The topological polar surface area (TPSA) is 56.9 Å². The van der Waals surface area contributed by atoms with E-state index in [1.54, 1.807) is 6.20 Å². The van der Waals surface area contributed by atoms with Crippen LogP contribution in [0.2, 0.25) is 0 Å². The van der Waals surface area contributed by atoms with Crippen molar-refractivity contribution in [3.63, 3.8) is 0 Å². The molecular formula is C13H14Br2N2O. The van der Waals surface area contributed by atoms with Gasteiger partial charge in [0.15, 0.2) is 0 Å². The van der Waals surface area contributed by atoms with E-state index in [4.69, 9.17) is 0 Å². The van der Waals surface area contributed by atoms with Crippen molar-refractivity contribution in [1.29, 1.82) is 5.26 Å². The second-order valence-electron chi connectivity index (χ2n) is 5.04. The van der Waals surface area contributed by atoms with Gasteiger partial charge in [-0.2, -0.15) is 5.26 Å². The van der Waals surface area contributed by atoms with E-state index in [0.717, 1.165) is 28.2 Å². The number of nitrogens with zero attached hydrogens (tertiary/aromatic N) is 2. The monoisotopic (exact) mass is 372 g/mol. The van der Waals surface area contributed by atoms with Gasteiger partial charge < -0.3 is 5.11 Å². The average molecular weight is 374 g/mol. The van der Waals surface area contributed by atoms with Crippen LogP contribution in [0, 0.1) is 22.7 Å². The fourth-order valence-corrected chi connectivity index (χ4v) is 3.83. The third-order valence-electron chi connectivity index (χ3n) is 3.64. The molecule has 0 aromatic carbocycles. The van der Waals surface area contributed by atoms with Crippen LogP contribution >= 0.6 is 31.9 Å². The molecule has 1 fully saturated rings. The van der Waals surface area contributed by atoms with E-state index in [1.165, 1.54) is 0 Å². The van der Waals surface area contributed by atoms with E-state index in [1.807, 2.05) is 6.07 Å². The van der Waals surface area contributed by atoms with Gasteiger partial charge in [-0.15, -0.1) is 0 Å². The first kappa shape index (κ1) is 14.0. The molecule has 0 amide bonds. The summed E-state index contributed by atoms with van der Waals surface area (Å²) in [6.07, 6.45) is 3.26. The van der Waals surface area contributed by atoms with Crippen LogP contribution in [-0.2, 0) is 0 Å². The Balaban J connectivity index is 2.36. The second kappa shape index (κ2) is 5.28. The number of aliphatic hydroxyl groups is 1. The Kier molecular flexibility index (Phi) is 4.10. The van der Waals surface area contributed by atoms with Crippen LogP contribution in [0.3, 0.4) is 0 Å². The molecule has 1 saturated carbocycles. The molecule has 96 valence electrons. The van der Waals surface area contributed by atoms with Gasteiger partial charge >= 0.3 is 0 Å². The van der Waals surface area contributed by atoms with Gasteiger partial charge in [-0.05, 0) is 63.1 Å². The van der Waals surface area contributed by atoms with Crippen LogP contribution in [0.5, 0.6) is 0 Å². The summed E-state index contributed by atoms with van der Waals surface area (Å²) in [5, 5.41) is 20.0. The first-order chi connectivity index (χ1) is 8.48. The van der Waals surface area contributed by atoms with E-state index >= 15 is 0 Å². The van der Waals surface area contributed by atoms with Crippen molar-refractivity contribution >= 4 is 31.9 Å². The molecular weight excluding hydrogens is 360 g/mol. The van der Waals surface area contributed by atoms with Gasteiger partial charge in [0, 0.05) is 15.1 Å². The highest BCUT2D eigenvalue weighted by molar-refractivity contribution is 9.11. The minimum Gasteiger partial charge on any atom is -0.385 e. The Morgan fingerprint density at radius 2 is 2.33 bits per heavy atom. The van der Waals surface area contributed by atoms with E-state index in [-0.39, 0.29) is 0 Å². The first-order valence-electron chi connectivity index (χ1n) is 5.89. The van der Waals surface area contributed by atoms with Crippen molar-refractivity contribution in [3.8, 4) is 6.07 Å².